The van der Waals surface area contributed by atoms with E-state index in [-0.39, 0.29) is 6.42 Å². The Labute approximate surface area is 114 Å². The summed E-state index contributed by atoms with van der Waals surface area (Å²) in [5, 5.41) is 10.9. The number of carbonyl (C=O) groups is 2. The lowest BCUT2D eigenvalue weighted by molar-refractivity contribution is -0.120. The van der Waals surface area contributed by atoms with E-state index in [9.17, 15) is 18.4 Å². The second kappa shape index (κ2) is 6.61. The number of amides is 2. The topological polar surface area (TPSA) is 96.0 Å². The zero-order chi connectivity index (χ0) is 15.3. The molecule has 0 heterocycles. The number of halogens is 2. The molecule has 2 atom stereocenters. The highest BCUT2D eigenvalue weighted by Gasteiger charge is 2.23. The van der Waals surface area contributed by atoms with E-state index < -0.39 is 41.0 Å². The molecule has 5 nitrogen and oxygen atoms in total. The average Bonchev–Trinajstić information content (AvgIpc) is 2.37. The smallest absolute Gasteiger partial charge is 0.254 e. The summed E-state index contributed by atoms with van der Waals surface area (Å²) in [6.45, 7) is 1.56. The number of benzene rings is 1. The molecule has 0 radical (unpaired) electrons. The van der Waals surface area contributed by atoms with Crippen LogP contribution in [0.3, 0.4) is 0 Å². The number of nitrogens with zero attached hydrogens (tertiary/aromatic N) is 1. The Morgan fingerprint density at radius 3 is 2.60 bits per heavy atom. The molecule has 0 saturated carbocycles. The van der Waals surface area contributed by atoms with Crippen LogP contribution in [0.4, 0.5) is 8.78 Å². The molecule has 1 aromatic rings. The van der Waals surface area contributed by atoms with Crippen LogP contribution < -0.4 is 11.1 Å². The van der Waals surface area contributed by atoms with E-state index in [4.69, 9.17) is 11.0 Å². The molecule has 7 heteroatoms. The molecule has 2 amide bonds. The summed E-state index contributed by atoms with van der Waals surface area (Å²) in [7, 11) is 0. The van der Waals surface area contributed by atoms with Crippen molar-refractivity contribution >= 4 is 11.8 Å². The van der Waals surface area contributed by atoms with Gasteiger partial charge in [0.05, 0.1) is 11.6 Å². The first-order valence-electron chi connectivity index (χ1n) is 5.80. The van der Waals surface area contributed by atoms with Gasteiger partial charge in [-0.15, -0.1) is 0 Å². The molecule has 106 valence electrons. The Balaban J connectivity index is 2.86. The van der Waals surface area contributed by atoms with E-state index in [0.717, 1.165) is 12.1 Å². The molecule has 0 spiro atoms. The molecule has 0 saturated heterocycles. The van der Waals surface area contributed by atoms with Crippen LogP contribution >= 0.6 is 0 Å². The van der Waals surface area contributed by atoms with Gasteiger partial charge >= 0.3 is 0 Å². The van der Waals surface area contributed by atoms with Crippen molar-refractivity contribution in [1.82, 2.24) is 5.32 Å². The lowest BCUT2D eigenvalue weighted by Crippen LogP contribution is -2.45. The van der Waals surface area contributed by atoms with Crippen molar-refractivity contribution < 1.29 is 18.4 Å². The maximum atomic E-state index is 13.4. The second-order valence-corrected chi connectivity index (χ2v) is 4.32. The first-order chi connectivity index (χ1) is 9.35. The van der Waals surface area contributed by atoms with E-state index in [0.29, 0.717) is 6.07 Å². The first-order valence-corrected chi connectivity index (χ1v) is 5.80. The van der Waals surface area contributed by atoms with E-state index >= 15 is 0 Å². The second-order valence-electron chi connectivity index (χ2n) is 4.32. The fourth-order valence-corrected chi connectivity index (χ4v) is 1.56. The minimum Gasteiger partial charge on any atom is -0.368 e. The van der Waals surface area contributed by atoms with Crippen molar-refractivity contribution in [2.24, 2.45) is 11.7 Å². The summed E-state index contributed by atoms with van der Waals surface area (Å²) in [5.74, 6) is -4.09. The SMILES string of the molecule is C[C@H](C#N)C[C@H](NC(=O)c1ccc(F)cc1F)C(N)=O. The van der Waals surface area contributed by atoms with Crippen LogP contribution in [0.1, 0.15) is 23.7 Å². The Bertz CT molecular complexity index is 569. The van der Waals surface area contributed by atoms with Crippen molar-refractivity contribution in [3.8, 4) is 6.07 Å². The molecule has 0 fully saturated rings. The molecule has 3 N–H and O–H groups in total. The van der Waals surface area contributed by atoms with Crippen molar-refractivity contribution in [1.29, 1.82) is 5.26 Å². The number of hydrogen-bond acceptors (Lipinski definition) is 3. The fourth-order valence-electron chi connectivity index (χ4n) is 1.56. The fraction of sp³-hybridized carbons (Fsp3) is 0.308. The highest BCUT2D eigenvalue weighted by Crippen LogP contribution is 2.11. The molecule has 20 heavy (non-hydrogen) atoms. The molecule has 0 unspecified atom stereocenters. The molecule has 0 aliphatic rings. The van der Waals surface area contributed by atoms with Crippen LogP contribution in [-0.4, -0.2) is 17.9 Å². The van der Waals surface area contributed by atoms with Gasteiger partial charge in [0.25, 0.3) is 5.91 Å². The monoisotopic (exact) mass is 281 g/mol. The van der Waals surface area contributed by atoms with Crippen molar-refractivity contribution in [2.75, 3.05) is 0 Å². The molecular weight excluding hydrogens is 268 g/mol. The predicted octanol–water partition coefficient (Wildman–Crippen LogP) is 1.10. The minimum atomic E-state index is -1.10. The Hall–Kier alpha value is -2.49. The van der Waals surface area contributed by atoms with Gasteiger partial charge in [0, 0.05) is 12.0 Å². The standard InChI is InChI=1S/C13H13F2N3O2/c1-7(6-16)4-11(12(17)19)18-13(20)9-3-2-8(14)5-10(9)15/h2-3,5,7,11H,4H2,1H3,(H2,17,19)(H,18,20)/t7-,11-/m0/s1. The van der Waals surface area contributed by atoms with Crippen molar-refractivity contribution in [2.45, 2.75) is 19.4 Å². The maximum Gasteiger partial charge on any atom is 0.254 e. The van der Waals surface area contributed by atoms with Gasteiger partial charge in [-0.1, -0.05) is 0 Å². The average molecular weight is 281 g/mol. The molecule has 0 aliphatic carbocycles. The summed E-state index contributed by atoms with van der Waals surface area (Å²) in [6, 6.07) is 3.26. The van der Waals surface area contributed by atoms with Crippen molar-refractivity contribution in [3.05, 3.63) is 35.4 Å². The maximum absolute atomic E-state index is 13.4. The number of hydrogen-bond donors (Lipinski definition) is 2. The summed E-state index contributed by atoms with van der Waals surface area (Å²) < 4.78 is 26.1. The Kier molecular flexibility index (Phi) is 5.15. The lowest BCUT2D eigenvalue weighted by Gasteiger charge is -2.16. The molecule has 0 aliphatic heterocycles. The van der Waals surface area contributed by atoms with E-state index in [1.807, 2.05) is 6.07 Å². The van der Waals surface area contributed by atoms with E-state index in [2.05, 4.69) is 5.32 Å². The zero-order valence-corrected chi connectivity index (χ0v) is 10.7. The van der Waals surface area contributed by atoms with Crippen LogP contribution in [0, 0.1) is 28.9 Å². The first kappa shape index (κ1) is 15.6. The van der Waals surface area contributed by atoms with Crippen LogP contribution in [0.2, 0.25) is 0 Å². The highest BCUT2D eigenvalue weighted by molar-refractivity contribution is 5.97. The van der Waals surface area contributed by atoms with Gasteiger partial charge in [-0.3, -0.25) is 9.59 Å². The number of carbonyl (C=O) groups excluding carboxylic acids is 2. The van der Waals surface area contributed by atoms with Gasteiger partial charge in [-0.25, -0.2) is 8.78 Å². The van der Waals surface area contributed by atoms with Gasteiger partial charge in [0.15, 0.2) is 0 Å². The summed E-state index contributed by atoms with van der Waals surface area (Å²) in [4.78, 5) is 23.0. The molecule has 0 aromatic heterocycles. The minimum absolute atomic E-state index is 0.0143. The van der Waals surface area contributed by atoms with Gasteiger partial charge in [-0.2, -0.15) is 5.26 Å². The number of nitrogens with two attached hydrogens (primary N) is 1. The van der Waals surface area contributed by atoms with Gasteiger partial charge in [0.1, 0.15) is 17.7 Å². The molecule has 1 rings (SSSR count). The summed E-state index contributed by atoms with van der Waals surface area (Å²) in [6.07, 6.45) is 0.0143. The lowest BCUT2D eigenvalue weighted by atomic mass is 10.0. The Morgan fingerprint density at radius 2 is 2.10 bits per heavy atom. The normalized spacial score (nSPS) is 13.1. The Morgan fingerprint density at radius 1 is 1.45 bits per heavy atom. The number of nitriles is 1. The zero-order valence-electron chi connectivity index (χ0n) is 10.7. The van der Waals surface area contributed by atoms with Crippen LogP contribution in [-0.2, 0) is 4.79 Å². The molecular formula is C13H13F2N3O2. The quantitative estimate of drug-likeness (QED) is 0.845. The number of primary amides is 1. The predicted molar refractivity (Wildman–Crippen MR) is 66.2 cm³/mol. The third-order valence-electron chi connectivity index (χ3n) is 2.63. The van der Waals surface area contributed by atoms with Gasteiger partial charge < -0.3 is 11.1 Å². The summed E-state index contributed by atoms with van der Waals surface area (Å²) >= 11 is 0. The van der Waals surface area contributed by atoms with Crippen LogP contribution in [0.25, 0.3) is 0 Å². The largest absolute Gasteiger partial charge is 0.368 e. The third-order valence-corrected chi connectivity index (χ3v) is 2.63. The van der Waals surface area contributed by atoms with Crippen LogP contribution in [0.15, 0.2) is 18.2 Å². The van der Waals surface area contributed by atoms with Crippen LogP contribution in [0.5, 0.6) is 0 Å². The van der Waals surface area contributed by atoms with E-state index in [1.54, 1.807) is 6.92 Å². The van der Waals surface area contributed by atoms with Gasteiger partial charge in [0.2, 0.25) is 5.91 Å². The highest BCUT2D eigenvalue weighted by atomic mass is 19.1. The van der Waals surface area contributed by atoms with E-state index in [1.165, 1.54) is 0 Å². The van der Waals surface area contributed by atoms with Crippen molar-refractivity contribution in [3.63, 3.8) is 0 Å². The number of rotatable bonds is 5. The van der Waals surface area contributed by atoms with Gasteiger partial charge in [-0.05, 0) is 25.5 Å². The number of nitrogens with one attached hydrogen (secondary N) is 1. The summed E-state index contributed by atoms with van der Waals surface area (Å²) in [5.41, 5.74) is 4.71. The molecule has 0 bridgehead atoms. The molecule has 1 aromatic carbocycles. The third kappa shape index (κ3) is 4.02.